The van der Waals surface area contributed by atoms with E-state index in [9.17, 15) is 0 Å². The fourth-order valence-electron chi connectivity index (χ4n) is 1.49. The largest absolute Gasteiger partial charge is 0.492 e. The summed E-state index contributed by atoms with van der Waals surface area (Å²) in [6.45, 7) is 5.44. The van der Waals surface area contributed by atoms with E-state index in [1.165, 1.54) is 5.56 Å². The van der Waals surface area contributed by atoms with Crippen LogP contribution in [0.5, 0.6) is 5.75 Å². The summed E-state index contributed by atoms with van der Waals surface area (Å²) >= 11 is 8.57. The number of hydrogen-bond acceptors (Lipinski definition) is 5. The molecular formula is C13H16N2OS3. The number of aryl methyl sites for hydroxylation is 1. The molecule has 6 heteroatoms. The molecule has 0 amide bonds. The third kappa shape index (κ3) is 4.33. The van der Waals surface area contributed by atoms with Crippen molar-refractivity contribution < 1.29 is 4.74 Å². The minimum atomic E-state index is 0.581. The van der Waals surface area contributed by atoms with Crippen LogP contribution in [-0.4, -0.2) is 22.1 Å². The van der Waals surface area contributed by atoms with E-state index >= 15 is 0 Å². The van der Waals surface area contributed by atoms with Crippen LogP contribution in [0, 0.1) is 10.9 Å². The Balaban J connectivity index is 1.88. The van der Waals surface area contributed by atoms with Gasteiger partial charge in [0.2, 0.25) is 0 Å². The van der Waals surface area contributed by atoms with E-state index in [4.69, 9.17) is 17.0 Å². The normalized spacial score (nSPS) is 10.6. The first-order valence-corrected chi connectivity index (χ1v) is 8.30. The SMILES string of the molecule is CCSc1nn(CCOc2ccc(C)cc2)c(=S)s1. The van der Waals surface area contributed by atoms with E-state index in [-0.39, 0.29) is 0 Å². The number of benzene rings is 1. The first-order valence-electron chi connectivity index (χ1n) is 6.09. The minimum Gasteiger partial charge on any atom is -0.492 e. The number of nitrogens with zero attached hydrogens (tertiary/aromatic N) is 2. The van der Waals surface area contributed by atoms with E-state index in [0.29, 0.717) is 13.2 Å². The van der Waals surface area contributed by atoms with Gasteiger partial charge in [0, 0.05) is 0 Å². The average molecular weight is 312 g/mol. The third-order valence-corrected chi connectivity index (χ3v) is 4.77. The smallest absolute Gasteiger partial charge is 0.180 e. The predicted octanol–water partition coefficient (Wildman–Crippen LogP) is 4.17. The molecule has 0 saturated carbocycles. The van der Waals surface area contributed by atoms with E-state index in [1.54, 1.807) is 23.1 Å². The molecule has 0 aliphatic heterocycles. The summed E-state index contributed by atoms with van der Waals surface area (Å²) in [7, 11) is 0. The van der Waals surface area contributed by atoms with Crippen molar-refractivity contribution in [3.05, 3.63) is 33.8 Å². The lowest BCUT2D eigenvalue weighted by Crippen LogP contribution is -2.09. The lowest BCUT2D eigenvalue weighted by Gasteiger charge is -2.06. The van der Waals surface area contributed by atoms with Crippen LogP contribution >= 0.6 is 35.3 Å². The van der Waals surface area contributed by atoms with Gasteiger partial charge < -0.3 is 4.74 Å². The summed E-state index contributed by atoms with van der Waals surface area (Å²) in [5.41, 5.74) is 1.23. The second-order valence-electron chi connectivity index (χ2n) is 3.95. The number of rotatable bonds is 6. The molecule has 2 aromatic rings. The predicted molar refractivity (Wildman–Crippen MR) is 84.0 cm³/mol. The van der Waals surface area contributed by atoms with Gasteiger partial charge in [0.25, 0.3) is 0 Å². The molecular weight excluding hydrogens is 296 g/mol. The van der Waals surface area contributed by atoms with Crippen molar-refractivity contribution in [2.24, 2.45) is 0 Å². The second kappa shape index (κ2) is 7.07. The summed E-state index contributed by atoms with van der Waals surface area (Å²) in [4.78, 5) is 0. The van der Waals surface area contributed by atoms with Crippen LogP contribution in [0.4, 0.5) is 0 Å². The van der Waals surface area contributed by atoms with Crippen LogP contribution in [0.3, 0.4) is 0 Å². The van der Waals surface area contributed by atoms with Gasteiger partial charge in [-0.1, -0.05) is 47.7 Å². The Bertz CT molecular complexity index is 574. The minimum absolute atomic E-state index is 0.581. The van der Waals surface area contributed by atoms with Gasteiger partial charge in [0.05, 0.1) is 6.54 Å². The molecule has 0 atom stereocenters. The van der Waals surface area contributed by atoms with Crippen molar-refractivity contribution in [3.8, 4) is 5.75 Å². The van der Waals surface area contributed by atoms with Gasteiger partial charge in [-0.05, 0) is 37.0 Å². The molecule has 0 fully saturated rings. The Labute approximate surface area is 126 Å². The van der Waals surface area contributed by atoms with Crippen molar-refractivity contribution >= 4 is 35.3 Å². The molecule has 0 spiro atoms. The number of aromatic nitrogens is 2. The quantitative estimate of drug-likeness (QED) is 0.591. The molecule has 0 aliphatic rings. The zero-order valence-corrected chi connectivity index (χ0v) is 13.4. The van der Waals surface area contributed by atoms with Crippen molar-refractivity contribution in [3.63, 3.8) is 0 Å². The monoisotopic (exact) mass is 312 g/mol. The highest BCUT2D eigenvalue weighted by atomic mass is 32.2. The van der Waals surface area contributed by atoms with Crippen LogP contribution in [0.2, 0.25) is 0 Å². The van der Waals surface area contributed by atoms with Crippen molar-refractivity contribution in [1.82, 2.24) is 9.78 Å². The molecule has 0 bridgehead atoms. The van der Waals surface area contributed by atoms with Crippen molar-refractivity contribution in [2.45, 2.75) is 24.7 Å². The van der Waals surface area contributed by atoms with Crippen LogP contribution in [0.25, 0.3) is 0 Å². The maximum atomic E-state index is 5.68. The molecule has 0 aliphatic carbocycles. The molecule has 2 rings (SSSR count). The van der Waals surface area contributed by atoms with Gasteiger partial charge in [-0.25, -0.2) is 4.68 Å². The number of ether oxygens (including phenoxy) is 1. The van der Waals surface area contributed by atoms with E-state index in [2.05, 4.69) is 18.9 Å². The highest BCUT2D eigenvalue weighted by Gasteiger charge is 2.03. The summed E-state index contributed by atoms with van der Waals surface area (Å²) in [6, 6.07) is 8.04. The van der Waals surface area contributed by atoms with Gasteiger partial charge >= 0.3 is 0 Å². The number of thioether (sulfide) groups is 1. The maximum Gasteiger partial charge on any atom is 0.180 e. The standard InChI is InChI=1S/C13H16N2OS3/c1-3-18-12-14-15(13(17)19-12)8-9-16-11-6-4-10(2)5-7-11/h4-7H,3,8-9H2,1-2H3. The molecule has 1 aromatic carbocycles. The van der Waals surface area contributed by atoms with Gasteiger partial charge in [-0.15, -0.1) is 0 Å². The van der Waals surface area contributed by atoms with Crippen LogP contribution in [-0.2, 0) is 6.54 Å². The number of hydrogen-bond donors (Lipinski definition) is 0. The Kier molecular flexibility index (Phi) is 5.42. The lowest BCUT2D eigenvalue weighted by molar-refractivity contribution is 0.289. The van der Waals surface area contributed by atoms with Gasteiger partial charge in [-0.3, -0.25) is 0 Å². The van der Waals surface area contributed by atoms with Gasteiger partial charge in [-0.2, -0.15) is 5.10 Å². The summed E-state index contributed by atoms with van der Waals surface area (Å²) < 4.78 is 9.36. The summed E-state index contributed by atoms with van der Waals surface area (Å²) in [5, 5.41) is 4.46. The van der Waals surface area contributed by atoms with E-state index in [1.807, 2.05) is 28.9 Å². The molecule has 0 saturated heterocycles. The Morgan fingerprint density at radius 2 is 2.11 bits per heavy atom. The molecule has 19 heavy (non-hydrogen) atoms. The highest BCUT2D eigenvalue weighted by molar-refractivity contribution is 8.01. The summed E-state index contributed by atoms with van der Waals surface area (Å²) in [5.74, 6) is 1.90. The van der Waals surface area contributed by atoms with Gasteiger partial charge in [0.1, 0.15) is 12.4 Å². The Morgan fingerprint density at radius 1 is 1.37 bits per heavy atom. The first kappa shape index (κ1) is 14.6. The zero-order valence-electron chi connectivity index (χ0n) is 11.0. The molecule has 0 unspecified atom stereocenters. The molecule has 0 N–H and O–H groups in total. The molecule has 102 valence electrons. The third-order valence-electron chi connectivity index (χ3n) is 2.45. The van der Waals surface area contributed by atoms with Gasteiger partial charge in [0.15, 0.2) is 8.29 Å². The second-order valence-corrected chi connectivity index (χ2v) is 7.09. The van der Waals surface area contributed by atoms with E-state index in [0.717, 1.165) is 19.8 Å². The van der Waals surface area contributed by atoms with Crippen LogP contribution in [0.1, 0.15) is 12.5 Å². The topological polar surface area (TPSA) is 27.1 Å². The maximum absolute atomic E-state index is 5.68. The fraction of sp³-hybridized carbons (Fsp3) is 0.385. The average Bonchev–Trinajstić information content (AvgIpc) is 2.73. The lowest BCUT2D eigenvalue weighted by atomic mass is 10.2. The van der Waals surface area contributed by atoms with E-state index < -0.39 is 0 Å². The fourth-order valence-corrected chi connectivity index (χ4v) is 3.78. The summed E-state index contributed by atoms with van der Waals surface area (Å²) in [6.07, 6.45) is 0. The van der Waals surface area contributed by atoms with Crippen LogP contribution < -0.4 is 4.74 Å². The van der Waals surface area contributed by atoms with Crippen molar-refractivity contribution in [2.75, 3.05) is 12.4 Å². The van der Waals surface area contributed by atoms with Crippen molar-refractivity contribution in [1.29, 1.82) is 0 Å². The Morgan fingerprint density at radius 3 is 2.79 bits per heavy atom. The molecule has 1 heterocycles. The molecule has 0 radical (unpaired) electrons. The van der Waals surface area contributed by atoms with Crippen LogP contribution in [0.15, 0.2) is 28.6 Å². The first-order chi connectivity index (χ1) is 9.19. The Hall–Kier alpha value is -0.850. The molecule has 3 nitrogen and oxygen atoms in total. The highest BCUT2D eigenvalue weighted by Crippen LogP contribution is 2.21. The zero-order chi connectivity index (χ0) is 13.7. The molecule has 1 aromatic heterocycles.